The molecule has 2 rings (SSSR count). The first-order chi connectivity index (χ1) is 9.29. The molecule has 3 heteroatoms. The predicted molar refractivity (Wildman–Crippen MR) is 83.3 cm³/mol. The zero-order valence-electron chi connectivity index (χ0n) is 11.7. The molecule has 1 aliphatic rings. The molecule has 2 atom stereocenters. The van der Waals surface area contributed by atoms with Crippen molar-refractivity contribution in [3.8, 4) is 0 Å². The Kier molecular flexibility index (Phi) is 6.35. The SMILES string of the molecule is CCCNC1CCCCC1OCc1ccc(Br)cc1. The molecule has 0 aliphatic heterocycles. The Morgan fingerprint density at radius 1 is 1.21 bits per heavy atom. The van der Waals surface area contributed by atoms with Gasteiger partial charge in [-0.25, -0.2) is 0 Å². The third-order valence-electron chi connectivity index (χ3n) is 3.74. The van der Waals surface area contributed by atoms with E-state index in [9.17, 15) is 0 Å². The van der Waals surface area contributed by atoms with Crippen molar-refractivity contribution in [1.82, 2.24) is 5.32 Å². The van der Waals surface area contributed by atoms with Crippen molar-refractivity contribution in [2.24, 2.45) is 0 Å². The van der Waals surface area contributed by atoms with Crippen LogP contribution in [0.4, 0.5) is 0 Å². The van der Waals surface area contributed by atoms with Gasteiger partial charge in [-0.2, -0.15) is 0 Å². The molecule has 19 heavy (non-hydrogen) atoms. The zero-order chi connectivity index (χ0) is 13.5. The van der Waals surface area contributed by atoms with Crippen LogP contribution in [0.15, 0.2) is 28.7 Å². The summed E-state index contributed by atoms with van der Waals surface area (Å²) in [7, 11) is 0. The highest BCUT2D eigenvalue weighted by Gasteiger charge is 2.24. The van der Waals surface area contributed by atoms with Gasteiger partial charge in [-0.05, 0) is 43.5 Å². The van der Waals surface area contributed by atoms with Crippen molar-refractivity contribution in [2.75, 3.05) is 6.54 Å². The average Bonchev–Trinajstić information content (AvgIpc) is 2.45. The molecule has 1 aromatic carbocycles. The largest absolute Gasteiger partial charge is 0.372 e. The second-order valence-electron chi connectivity index (χ2n) is 5.32. The highest BCUT2D eigenvalue weighted by Crippen LogP contribution is 2.22. The molecule has 0 amide bonds. The van der Waals surface area contributed by atoms with Crippen LogP contribution in [0.25, 0.3) is 0 Å². The topological polar surface area (TPSA) is 21.3 Å². The zero-order valence-corrected chi connectivity index (χ0v) is 13.3. The maximum absolute atomic E-state index is 6.14. The Bertz CT molecular complexity index is 366. The normalized spacial score (nSPS) is 23.5. The number of hydrogen-bond acceptors (Lipinski definition) is 2. The van der Waals surface area contributed by atoms with E-state index in [1.54, 1.807) is 0 Å². The fourth-order valence-electron chi connectivity index (χ4n) is 2.64. The van der Waals surface area contributed by atoms with E-state index in [1.807, 2.05) is 0 Å². The Morgan fingerprint density at radius 3 is 2.68 bits per heavy atom. The number of hydrogen-bond donors (Lipinski definition) is 1. The third kappa shape index (κ3) is 4.90. The van der Waals surface area contributed by atoms with Crippen molar-refractivity contribution >= 4 is 15.9 Å². The molecule has 1 aromatic rings. The van der Waals surface area contributed by atoms with E-state index in [0.717, 1.165) is 17.6 Å². The van der Waals surface area contributed by atoms with Crippen LogP contribution in [0, 0.1) is 0 Å². The van der Waals surface area contributed by atoms with Gasteiger partial charge in [0.05, 0.1) is 12.7 Å². The van der Waals surface area contributed by atoms with E-state index in [2.05, 4.69) is 52.4 Å². The Hall–Kier alpha value is -0.380. The third-order valence-corrected chi connectivity index (χ3v) is 4.27. The number of nitrogens with one attached hydrogen (secondary N) is 1. The van der Waals surface area contributed by atoms with Gasteiger partial charge in [-0.15, -0.1) is 0 Å². The molecular weight excluding hydrogens is 302 g/mol. The van der Waals surface area contributed by atoms with Crippen LogP contribution >= 0.6 is 15.9 Å². The number of ether oxygens (including phenoxy) is 1. The van der Waals surface area contributed by atoms with Crippen LogP contribution in [-0.2, 0) is 11.3 Å². The number of benzene rings is 1. The molecule has 1 fully saturated rings. The quantitative estimate of drug-likeness (QED) is 0.843. The predicted octanol–water partition coefficient (Wildman–Crippen LogP) is 4.28. The smallest absolute Gasteiger partial charge is 0.0732 e. The molecule has 1 saturated carbocycles. The molecule has 1 N–H and O–H groups in total. The molecule has 2 nitrogen and oxygen atoms in total. The van der Waals surface area contributed by atoms with E-state index in [4.69, 9.17) is 4.74 Å². The van der Waals surface area contributed by atoms with Crippen molar-refractivity contribution in [3.63, 3.8) is 0 Å². The summed E-state index contributed by atoms with van der Waals surface area (Å²) in [5.41, 5.74) is 1.25. The number of halogens is 1. The highest BCUT2D eigenvalue weighted by atomic mass is 79.9. The van der Waals surface area contributed by atoms with Crippen molar-refractivity contribution in [2.45, 2.75) is 57.8 Å². The van der Waals surface area contributed by atoms with Crippen LogP contribution in [-0.4, -0.2) is 18.7 Å². The lowest BCUT2D eigenvalue weighted by Gasteiger charge is -2.32. The van der Waals surface area contributed by atoms with Gasteiger partial charge in [0.2, 0.25) is 0 Å². The van der Waals surface area contributed by atoms with Crippen LogP contribution in [0.1, 0.15) is 44.6 Å². The monoisotopic (exact) mass is 325 g/mol. The van der Waals surface area contributed by atoms with Gasteiger partial charge in [-0.1, -0.05) is 47.8 Å². The number of rotatable bonds is 6. The summed E-state index contributed by atoms with van der Waals surface area (Å²) in [6.45, 7) is 4.04. The molecule has 106 valence electrons. The minimum atomic E-state index is 0.379. The van der Waals surface area contributed by atoms with Crippen molar-refractivity contribution in [1.29, 1.82) is 0 Å². The Labute approximate surface area is 125 Å². The van der Waals surface area contributed by atoms with E-state index in [-0.39, 0.29) is 0 Å². The highest BCUT2D eigenvalue weighted by molar-refractivity contribution is 9.10. The minimum absolute atomic E-state index is 0.379. The Morgan fingerprint density at radius 2 is 1.95 bits per heavy atom. The van der Waals surface area contributed by atoms with E-state index >= 15 is 0 Å². The molecular formula is C16H24BrNO. The average molecular weight is 326 g/mol. The lowest BCUT2D eigenvalue weighted by Crippen LogP contribution is -2.43. The molecule has 0 spiro atoms. The molecule has 0 bridgehead atoms. The van der Waals surface area contributed by atoms with Crippen molar-refractivity contribution in [3.05, 3.63) is 34.3 Å². The Balaban J connectivity index is 1.83. The standard InChI is InChI=1S/C16H24BrNO/c1-2-11-18-15-5-3-4-6-16(15)19-12-13-7-9-14(17)10-8-13/h7-10,15-16,18H,2-6,11-12H2,1H3. The molecule has 0 heterocycles. The summed E-state index contributed by atoms with van der Waals surface area (Å²) in [5.74, 6) is 0. The van der Waals surface area contributed by atoms with Gasteiger partial charge >= 0.3 is 0 Å². The van der Waals surface area contributed by atoms with Crippen LogP contribution in [0.3, 0.4) is 0 Å². The molecule has 1 aliphatic carbocycles. The van der Waals surface area contributed by atoms with Gasteiger partial charge in [0.15, 0.2) is 0 Å². The summed E-state index contributed by atoms with van der Waals surface area (Å²) in [4.78, 5) is 0. The molecule has 0 saturated heterocycles. The first-order valence-corrected chi connectivity index (χ1v) is 8.18. The van der Waals surface area contributed by atoms with Gasteiger partial charge < -0.3 is 10.1 Å². The minimum Gasteiger partial charge on any atom is -0.372 e. The fraction of sp³-hybridized carbons (Fsp3) is 0.625. The summed E-state index contributed by atoms with van der Waals surface area (Å²) in [5, 5.41) is 3.63. The first-order valence-electron chi connectivity index (χ1n) is 7.39. The fourth-order valence-corrected chi connectivity index (χ4v) is 2.91. The van der Waals surface area contributed by atoms with Gasteiger partial charge in [-0.3, -0.25) is 0 Å². The van der Waals surface area contributed by atoms with E-state index < -0.39 is 0 Å². The van der Waals surface area contributed by atoms with Crippen molar-refractivity contribution < 1.29 is 4.74 Å². The molecule has 2 unspecified atom stereocenters. The van der Waals surface area contributed by atoms with Gasteiger partial charge in [0.25, 0.3) is 0 Å². The van der Waals surface area contributed by atoms with Gasteiger partial charge in [0, 0.05) is 10.5 Å². The second-order valence-corrected chi connectivity index (χ2v) is 6.24. The summed E-state index contributed by atoms with van der Waals surface area (Å²) >= 11 is 3.46. The lowest BCUT2D eigenvalue weighted by molar-refractivity contribution is -0.00537. The van der Waals surface area contributed by atoms with Crippen LogP contribution in [0.5, 0.6) is 0 Å². The summed E-state index contributed by atoms with van der Waals surface area (Å²) in [6, 6.07) is 8.95. The molecule has 0 radical (unpaired) electrons. The maximum atomic E-state index is 6.14. The lowest BCUT2D eigenvalue weighted by atomic mass is 9.92. The van der Waals surface area contributed by atoms with E-state index in [0.29, 0.717) is 12.1 Å². The van der Waals surface area contributed by atoms with Crippen LogP contribution in [0.2, 0.25) is 0 Å². The van der Waals surface area contributed by atoms with E-state index in [1.165, 1.54) is 37.7 Å². The summed E-state index contributed by atoms with van der Waals surface area (Å²) in [6.07, 6.45) is 6.65. The summed E-state index contributed by atoms with van der Waals surface area (Å²) < 4.78 is 7.26. The molecule has 0 aromatic heterocycles. The van der Waals surface area contributed by atoms with Gasteiger partial charge in [0.1, 0.15) is 0 Å². The first kappa shape index (κ1) is 15.0. The van der Waals surface area contributed by atoms with Crippen LogP contribution < -0.4 is 5.32 Å². The second kappa shape index (κ2) is 8.03. The maximum Gasteiger partial charge on any atom is 0.0732 e.